The molecule has 4 rings (SSSR count). The summed E-state index contributed by atoms with van der Waals surface area (Å²) < 4.78 is 0. The van der Waals surface area contributed by atoms with Gasteiger partial charge in [0.1, 0.15) is 10.7 Å². The first-order chi connectivity index (χ1) is 12.4. The molecule has 0 radical (unpaired) electrons. The summed E-state index contributed by atoms with van der Waals surface area (Å²) in [5.41, 5.74) is 0.907. The Morgan fingerprint density at radius 2 is 1.96 bits per heavy atom. The molecular weight excluding hydrogens is 348 g/mol. The zero-order valence-corrected chi connectivity index (χ0v) is 16.4. The summed E-state index contributed by atoms with van der Waals surface area (Å²) in [6, 6.07) is 1.47. The van der Waals surface area contributed by atoms with Crippen molar-refractivity contribution in [1.82, 2.24) is 20.2 Å². The van der Waals surface area contributed by atoms with Gasteiger partial charge in [0.15, 0.2) is 0 Å². The van der Waals surface area contributed by atoms with Gasteiger partial charge in [-0.1, -0.05) is 0 Å². The number of nitrogens with one attached hydrogen (secondary N) is 2. The number of fused-ring (bicyclic) bond motifs is 3. The molecule has 6 nitrogen and oxygen atoms in total. The van der Waals surface area contributed by atoms with E-state index in [-0.39, 0.29) is 11.5 Å². The van der Waals surface area contributed by atoms with E-state index in [1.54, 1.807) is 11.3 Å². The van der Waals surface area contributed by atoms with Crippen LogP contribution in [-0.4, -0.2) is 45.9 Å². The number of aromatic nitrogens is 2. The SMILES string of the molecule is Cc1sc2nc(CCC(=O)N(C)C3CC4CCC(C3)N4)[nH]c(=O)c2c1C. The van der Waals surface area contributed by atoms with Crippen molar-refractivity contribution in [3.05, 3.63) is 26.6 Å². The van der Waals surface area contributed by atoms with Crippen LogP contribution in [0.25, 0.3) is 10.2 Å². The zero-order valence-electron chi connectivity index (χ0n) is 15.6. The van der Waals surface area contributed by atoms with Crippen LogP contribution in [-0.2, 0) is 11.2 Å². The maximum atomic E-state index is 12.6. The predicted octanol–water partition coefficient (Wildman–Crippen LogP) is 2.28. The first kappa shape index (κ1) is 17.7. The summed E-state index contributed by atoms with van der Waals surface area (Å²) in [6.45, 7) is 3.96. The number of nitrogens with zero attached hydrogens (tertiary/aromatic N) is 2. The highest BCUT2D eigenvalue weighted by Crippen LogP contribution is 2.29. The zero-order chi connectivity index (χ0) is 18.4. The lowest BCUT2D eigenvalue weighted by atomic mass is 9.98. The van der Waals surface area contributed by atoms with Crippen molar-refractivity contribution in [1.29, 1.82) is 0 Å². The van der Waals surface area contributed by atoms with Gasteiger partial charge in [0.05, 0.1) is 5.39 Å². The van der Waals surface area contributed by atoms with Crippen molar-refractivity contribution in [3.8, 4) is 0 Å². The van der Waals surface area contributed by atoms with Gasteiger partial charge in [0.2, 0.25) is 5.91 Å². The lowest BCUT2D eigenvalue weighted by Gasteiger charge is -2.35. The molecule has 26 heavy (non-hydrogen) atoms. The van der Waals surface area contributed by atoms with Gasteiger partial charge in [-0.05, 0) is 45.1 Å². The largest absolute Gasteiger partial charge is 0.343 e. The Labute approximate surface area is 157 Å². The van der Waals surface area contributed by atoms with Gasteiger partial charge in [-0.15, -0.1) is 11.3 Å². The average Bonchev–Trinajstić information content (AvgIpc) is 3.10. The summed E-state index contributed by atoms with van der Waals surface area (Å²) >= 11 is 1.54. The van der Waals surface area contributed by atoms with Crippen molar-refractivity contribution in [2.45, 2.75) is 70.5 Å². The second-order valence-corrected chi connectivity index (χ2v) is 8.95. The average molecular weight is 375 g/mol. The summed E-state index contributed by atoms with van der Waals surface area (Å²) in [4.78, 5) is 36.2. The van der Waals surface area contributed by atoms with Crippen LogP contribution in [0, 0.1) is 13.8 Å². The first-order valence-corrected chi connectivity index (χ1v) is 10.2. The maximum Gasteiger partial charge on any atom is 0.259 e. The quantitative estimate of drug-likeness (QED) is 0.861. The molecule has 2 bridgehead atoms. The molecule has 2 saturated heterocycles. The second-order valence-electron chi connectivity index (χ2n) is 7.74. The van der Waals surface area contributed by atoms with Crippen LogP contribution in [0.3, 0.4) is 0 Å². The molecule has 0 saturated carbocycles. The third-order valence-electron chi connectivity index (χ3n) is 6.05. The lowest BCUT2D eigenvalue weighted by Crippen LogP contribution is -2.48. The van der Waals surface area contributed by atoms with E-state index in [2.05, 4.69) is 15.3 Å². The first-order valence-electron chi connectivity index (χ1n) is 9.43. The van der Waals surface area contributed by atoms with E-state index in [9.17, 15) is 9.59 Å². The number of H-pyrrole nitrogens is 1. The Balaban J connectivity index is 1.42. The molecule has 2 aliphatic rings. The number of aromatic amines is 1. The molecule has 140 valence electrons. The highest BCUT2D eigenvalue weighted by molar-refractivity contribution is 7.18. The van der Waals surface area contributed by atoms with E-state index in [0.717, 1.165) is 28.1 Å². The van der Waals surface area contributed by atoms with E-state index in [4.69, 9.17) is 0 Å². The van der Waals surface area contributed by atoms with Crippen LogP contribution in [0.1, 0.15) is 48.4 Å². The molecule has 2 aliphatic heterocycles. The Kier molecular flexibility index (Phi) is 4.61. The summed E-state index contributed by atoms with van der Waals surface area (Å²) in [7, 11) is 1.92. The van der Waals surface area contributed by atoms with Gasteiger partial charge in [0, 0.05) is 42.9 Å². The van der Waals surface area contributed by atoms with Crippen LogP contribution in [0.4, 0.5) is 0 Å². The maximum absolute atomic E-state index is 12.6. The smallest absolute Gasteiger partial charge is 0.259 e. The Bertz CT molecular complexity index is 891. The number of hydrogen-bond acceptors (Lipinski definition) is 5. The van der Waals surface area contributed by atoms with Gasteiger partial charge < -0.3 is 15.2 Å². The second kappa shape index (κ2) is 6.78. The molecule has 0 spiro atoms. The normalized spacial score (nSPS) is 25.0. The van der Waals surface area contributed by atoms with E-state index in [1.165, 1.54) is 12.8 Å². The number of hydrogen-bond donors (Lipinski definition) is 2. The van der Waals surface area contributed by atoms with Gasteiger partial charge >= 0.3 is 0 Å². The van der Waals surface area contributed by atoms with Crippen LogP contribution in [0.15, 0.2) is 4.79 Å². The summed E-state index contributed by atoms with van der Waals surface area (Å²) in [5.74, 6) is 0.744. The predicted molar refractivity (Wildman–Crippen MR) is 104 cm³/mol. The Morgan fingerprint density at radius 1 is 1.27 bits per heavy atom. The molecule has 2 unspecified atom stereocenters. The number of carbonyl (C=O) groups excluding carboxylic acids is 1. The Hall–Kier alpha value is -1.73. The van der Waals surface area contributed by atoms with Crippen LogP contribution < -0.4 is 10.9 Å². The molecule has 7 heteroatoms. The molecule has 4 heterocycles. The minimum Gasteiger partial charge on any atom is -0.343 e. The van der Waals surface area contributed by atoms with Gasteiger partial charge in [0.25, 0.3) is 5.56 Å². The molecule has 1 amide bonds. The van der Waals surface area contributed by atoms with Crippen LogP contribution >= 0.6 is 11.3 Å². The van der Waals surface area contributed by atoms with Crippen molar-refractivity contribution in [3.63, 3.8) is 0 Å². The van der Waals surface area contributed by atoms with E-state index in [1.807, 2.05) is 25.8 Å². The van der Waals surface area contributed by atoms with Gasteiger partial charge in [-0.25, -0.2) is 4.98 Å². The standard InChI is InChI=1S/C19H26N4O2S/c1-10-11(2)26-19-17(10)18(25)21-15(22-19)6-7-16(24)23(3)14-8-12-4-5-13(9-14)20-12/h12-14,20H,4-9H2,1-3H3,(H,21,22,25). The molecule has 2 atom stereocenters. The minimum absolute atomic E-state index is 0.0948. The number of thiophene rings is 1. The number of rotatable bonds is 4. The molecular formula is C19H26N4O2S. The fourth-order valence-electron chi connectivity index (χ4n) is 4.37. The van der Waals surface area contributed by atoms with Crippen LogP contribution in [0.5, 0.6) is 0 Å². The number of piperidine rings is 1. The topological polar surface area (TPSA) is 78.1 Å². The number of carbonyl (C=O) groups is 1. The van der Waals surface area contributed by atoms with E-state index >= 15 is 0 Å². The third kappa shape index (κ3) is 3.18. The number of aryl methyl sites for hydroxylation is 3. The van der Waals surface area contributed by atoms with Crippen molar-refractivity contribution in [2.24, 2.45) is 0 Å². The van der Waals surface area contributed by atoms with Crippen molar-refractivity contribution in [2.75, 3.05) is 7.05 Å². The van der Waals surface area contributed by atoms with Crippen LogP contribution in [0.2, 0.25) is 0 Å². The van der Waals surface area contributed by atoms with E-state index < -0.39 is 0 Å². The molecule has 2 fully saturated rings. The molecule has 0 aliphatic carbocycles. The number of amides is 1. The lowest BCUT2D eigenvalue weighted by molar-refractivity contribution is -0.132. The highest BCUT2D eigenvalue weighted by Gasteiger charge is 2.36. The molecule has 0 aromatic carbocycles. The summed E-state index contributed by atoms with van der Waals surface area (Å²) in [6.07, 6.45) is 5.42. The van der Waals surface area contributed by atoms with E-state index in [0.29, 0.717) is 42.2 Å². The van der Waals surface area contributed by atoms with Crippen molar-refractivity contribution >= 4 is 27.5 Å². The third-order valence-corrected chi connectivity index (χ3v) is 7.15. The fourth-order valence-corrected chi connectivity index (χ4v) is 5.42. The highest BCUT2D eigenvalue weighted by atomic mass is 32.1. The summed E-state index contributed by atoms with van der Waals surface area (Å²) in [5, 5.41) is 4.30. The molecule has 2 aromatic heterocycles. The minimum atomic E-state index is -0.0948. The van der Waals surface area contributed by atoms with Crippen molar-refractivity contribution < 1.29 is 4.79 Å². The Morgan fingerprint density at radius 3 is 2.65 bits per heavy atom. The fraction of sp³-hybridized carbons (Fsp3) is 0.632. The van der Waals surface area contributed by atoms with Gasteiger partial charge in [-0.3, -0.25) is 9.59 Å². The molecule has 2 N–H and O–H groups in total. The monoisotopic (exact) mass is 374 g/mol. The molecule has 2 aromatic rings. The van der Waals surface area contributed by atoms with Gasteiger partial charge in [-0.2, -0.15) is 0 Å².